The Bertz CT molecular complexity index is 1070. The van der Waals surface area contributed by atoms with Crippen molar-refractivity contribution in [3.63, 3.8) is 0 Å². The molecule has 2 aromatic carbocycles. The average Bonchev–Trinajstić information content (AvgIpc) is 2.56. The van der Waals surface area contributed by atoms with Gasteiger partial charge in [-0.25, -0.2) is 0 Å². The molecule has 0 spiro atoms. The third kappa shape index (κ3) is 3.53. The number of H-pyrrole nitrogens is 1. The Labute approximate surface area is 152 Å². The summed E-state index contributed by atoms with van der Waals surface area (Å²) in [5, 5.41) is 3.46. The molecule has 1 amide bonds. The number of carbonyl (C=O) groups excluding carboxylic acids is 2. The molecule has 1 aromatic heterocycles. The summed E-state index contributed by atoms with van der Waals surface area (Å²) in [6.07, 6.45) is 0. The molecule has 6 heteroatoms. The van der Waals surface area contributed by atoms with Crippen LogP contribution in [0.5, 0.6) is 0 Å². The Morgan fingerprint density at radius 3 is 2.56 bits per heavy atom. The molecular formula is C19H15BrN2O3. The maximum atomic E-state index is 12.6. The minimum atomic E-state index is -0.521. The van der Waals surface area contributed by atoms with E-state index < -0.39 is 11.5 Å². The van der Waals surface area contributed by atoms with E-state index in [2.05, 4.69) is 26.2 Å². The van der Waals surface area contributed by atoms with Crippen molar-refractivity contribution in [2.24, 2.45) is 0 Å². The number of ketones is 1. The van der Waals surface area contributed by atoms with Gasteiger partial charge in [0.1, 0.15) is 5.56 Å². The van der Waals surface area contributed by atoms with Gasteiger partial charge in [-0.1, -0.05) is 28.1 Å². The number of halogens is 1. The molecule has 0 saturated heterocycles. The van der Waals surface area contributed by atoms with E-state index in [-0.39, 0.29) is 11.3 Å². The fourth-order valence-electron chi connectivity index (χ4n) is 2.51. The van der Waals surface area contributed by atoms with Crippen LogP contribution in [0.4, 0.5) is 5.69 Å². The highest BCUT2D eigenvalue weighted by Crippen LogP contribution is 2.20. The van der Waals surface area contributed by atoms with Gasteiger partial charge in [-0.3, -0.25) is 14.4 Å². The lowest BCUT2D eigenvalue weighted by Crippen LogP contribution is -2.23. The maximum Gasteiger partial charge on any atom is 0.261 e. The Kier molecular flexibility index (Phi) is 4.55. The molecule has 5 nitrogen and oxygen atoms in total. The van der Waals surface area contributed by atoms with E-state index >= 15 is 0 Å². The number of rotatable bonds is 3. The summed E-state index contributed by atoms with van der Waals surface area (Å²) >= 11 is 3.37. The summed E-state index contributed by atoms with van der Waals surface area (Å²) in [6.45, 7) is 3.28. The molecule has 0 saturated carbocycles. The second-order valence-corrected chi connectivity index (χ2v) is 6.70. The summed E-state index contributed by atoms with van der Waals surface area (Å²) in [7, 11) is 0. The topological polar surface area (TPSA) is 79.0 Å². The van der Waals surface area contributed by atoms with Gasteiger partial charge in [0.2, 0.25) is 0 Å². The van der Waals surface area contributed by atoms with Crippen LogP contribution in [0.3, 0.4) is 0 Å². The molecule has 0 atom stereocenters. The molecule has 3 rings (SSSR count). The van der Waals surface area contributed by atoms with E-state index in [4.69, 9.17) is 0 Å². The van der Waals surface area contributed by atoms with E-state index in [9.17, 15) is 14.4 Å². The summed E-state index contributed by atoms with van der Waals surface area (Å²) in [4.78, 5) is 39.0. The minimum Gasteiger partial charge on any atom is -0.322 e. The number of Topliss-reactive ketones (excluding diaryl/α,β-unsaturated/α-hetero) is 1. The lowest BCUT2D eigenvalue weighted by Gasteiger charge is -2.10. The number of pyridine rings is 1. The molecule has 0 bridgehead atoms. The van der Waals surface area contributed by atoms with Crippen molar-refractivity contribution in [1.29, 1.82) is 0 Å². The Hall–Kier alpha value is -2.73. The molecule has 1 heterocycles. The number of nitrogens with one attached hydrogen (secondary N) is 2. The molecular weight excluding hydrogens is 384 g/mol. The Balaban J connectivity index is 2.00. The summed E-state index contributed by atoms with van der Waals surface area (Å²) in [5.74, 6) is -0.615. The number of hydrogen-bond acceptors (Lipinski definition) is 3. The van der Waals surface area contributed by atoms with Crippen molar-refractivity contribution >= 4 is 44.2 Å². The van der Waals surface area contributed by atoms with Crippen molar-refractivity contribution in [2.75, 3.05) is 5.32 Å². The number of anilines is 1. The van der Waals surface area contributed by atoms with Crippen LogP contribution >= 0.6 is 15.9 Å². The van der Waals surface area contributed by atoms with Crippen LogP contribution in [0.25, 0.3) is 10.9 Å². The van der Waals surface area contributed by atoms with E-state index in [1.807, 2.05) is 19.1 Å². The van der Waals surface area contributed by atoms with Gasteiger partial charge in [0, 0.05) is 26.6 Å². The second-order valence-electron chi connectivity index (χ2n) is 5.78. The van der Waals surface area contributed by atoms with E-state index in [1.54, 1.807) is 30.3 Å². The number of hydrogen-bond donors (Lipinski definition) is 2. The van der Waals surface area contributed by atoms with Gasteiger partial charge in [0.05, 0.1) is 0 Å². The standard InChI is InChI=1S/C19H15BrN2O3/c1-10-3-4-12(11(2)23)9-17(10)22-19(25)15-8-13-7-14(20)5-6-16(13)21-18(15)24/h3-9H,1-2H3,(H,21,24)(H,22,25). The first-order chi connectivity index (χ1) is 11.8. The smallest absolute Gasteiger partial charge is 0.261 e. The number of carbonyl (C=O) groups is 2. The highest BCUT2D eigenvalue weighted by molar-refractivity contribution is 9.10. The van der Waals surface area contributed by atoms with Crippen LogP contribution in [0.1, 0.15) is 33.2 Å². The third-order valence-electron chi connectivity index (χ3n) is 3.94. The fourth-order valence-corrected chi connectivity index (χ4v) is 2.89. The summed E-state index contributed by atoms with van der Waals surface area (Å²) < 4.78 is 0.850. The van der Waals surface area contributed by atoms with Gasteiger partial charge in [-0.15, -0.1) is 0 Å². The zero-order chi connectivity index (χ0) is 18.1. The van der Waals surface area contributed by atoms with Gasteiger partial charge < -0.3 is 10.3 Å². The number of amides is 1. The van der Waals surface area contributed by atoms with Gasteiger partial charge in [-0.05, 0) is 49.7 Å². The SMILES string of the molecule is CC(=O)c1ccc(C)c(NC(=O)c2cc3cc(Br)ccc3[nH]c2=O)c1. The van der Waals surface area contributed by atoms with E-state index in [0.717, 1.165) is 15.4 Å². The monoisotopic (exact) mass is 398 g/mol. The first kappa shape index (κ1) is 17.1. The molecule has 0 aliphatic carbocycles. The highest BCUT2D eigenvalue weighted by atomic mass is 79.9. The summed E-state index contributed by atoms with van der Waals surface area (Å²) in [6, 6.07) is 12.0. The molecule has 0 unspecified atom stereocenters. The van der Waals surface area contributed by atoms with Crippen LogP contribution in [0, 0.1) is 6.92 Å². The van der Waals surface area contributed by atoms with Crippen molar-refractivity contribution in [3.05, 3.63) is 74.0 Å². The minimum absolute atomic E-state index is 0.0122. The van der Waals surface area contributed by atoms with Crippen LogP contribution in [-0.4, -0.2) is 16.7 Å². The van der Waals surface area contributed by atoms with Gasteiger partial charge in [0.25, 0.3) is 11.5 Å². The molecule has 3 aromatic rings. The van der Waals surface area contributed by atoms with Crippen molar-refractivity contribution in [1.82, 2.24) is 4.98 Å². The second kappa shape index (κ2) is 6.64. The maximum absolute atomic E-state index is 12.6. The molecule has 0 aliphatic heterocycles. The quantitative estimate of drug-likeness (QED) is 0.653. The first-order valence-corrected chi connectivity index (χ1v) is 8.40. The molecule has 0 aliphatic rings. The van der Waals surface area contributed by atoms with Gasteiger partial charge in [0.15, 0.2) is 5.78 Å². The van der Waals surface area contributed by atoms with Crippen LogP contribution in [0.2, 0.25) is 0 Å². The molecule has 0 fully saturated rings. The number of aromatic amines is 1. The molecule has 0 radical (unpaired) electrons. The van der Waals surface area contributed by atoms with Crippen molar-refractivity contribution in [3.8, 4) is 0 Å². The zero-order valence-corrected chi connectivity index (χ0v) is 15.2. The van der Waals surface area contributed by atoms with Gasteiger partial charge in [-0.2, -0.15) is 0 Å². The van der Waals surface area contributed by atoms with Crippen LogP contribution < -0.4 is 10.9 Å². The highest BCUT2D eigenvalue weighted by Gasteiger charge is 2.14. The first-order valence-electron chi connectivity index (χ1n) is 7.60. The number of aromatic nitrogens is 1. The van der Waals surface area contributed by atoms with Crippen molar-refractivity contribution in [2.45, 2.75) is 13.8 Å². The predicted molar refractivity (Wildman–Crippen MR) is 101 cm³/mol. The normalized spacial score (nSPS) is 10.7. The van der Waals surface area contributed by atoms with Crippen LogP contribution in [-0.2, 0) is 0 Å². The Morgan fingerprint density at radius 2 is 1.84 bits per heavy atom. The van der Waals surface area contributed by atoms with E-state index in [1.165, 1.54) is 6.92 Å². The average molecular weight is 399 g/mol. The lowest BCUT2D eigenvalue weighted by atomic mass is 10.1. The number of aryl methyl sites for hydroxylation is 1. The Morgan fingerprint density at radius 1 is 1.08 bits per heavy atom. The van der Waals surface area contributed by atoms with Gasteiger partial charge >= 0.3 is 0 Å². The fraction of sp³-hybridized carbons (Fsp3) is 0.105. The molecule has 126 valence electrons. The predicted octanol–water partition coefficient (Wildman–Crippen LogP) is 4.05. The van der Waals surface area contributed by atoms with E-state index in [0.29, 0.717) is 16.8 Å². The summed E-state index contributed by atoms with van der Waals surface area (Å²) in [5.41, 5.74) is 2.01. The zero-order valence-electron chi connectivity index (χ0n) is 13.6. The molecule has 2 N–H and O–H groups in total. The lowest BCUT2D eigenvalue weighted by molar-refractivity contribution is 0.101. The number of benzene rings is 2. The van der Waals surface area contributed by atoms with Crippen molar-refractivity contribution < 1.29 is 9.59 Å². The third-order valence-corrected chi connectivity index (χ3v) is 4.44. The largest absolute Gasteiger partial charge is 0.322 e. The molecule has 25 heavy (non-hydrogen) atoms. The van der Waals surface area contributed by atoms with Crippen LogP contribution in [0.15, 0.2) is 51.7 Å². The number of fused-ring (bicyclic) bond motifs is 1.